The summed E-state index contributed by atoms with van der Waals surface area (Å²) in [4.78, 5) is 39.7. The topological polar surface area (TPSA) is 91.4 Å². The molecule has 1 unspecified atom stereocenters. The molecule has 0 aliphatic rings. The average Bonchev–Trinajstić information content (AvgIpc) is 3.07. The highest BCUT2D eigenvalue weighted by Crippen LogP contribution is 2.18. The number of unbranched alkanes of at least 4 members (excludes halogenated alkanes) is 11. The van der Waals surface area contributed by atoms with Gasteiger partial charge in [-0.3, -0.25) is 4.79 Å². The van der Waals surface area contributed by atoms with Crippen LogP contribution in [0, 0.1) is 11.3 Å². The number of nitrogens with zero attached hydrogens (tertiary/aromatic N) is 1. The van der Waals surface area contributed by atoms with Gasteiger partial charge in [0.2, 0.25) is 0 Å². The van der Waals surface area contributed by atoms with Crippen molar-refractivity contribution in [3.8, 4) is 0 Å². The molecule has 0 bridgehead atoms. The van der Waals surface area contributed by atoms with Gasteiger partial charge in [0.15, 0.2) is 0 Å². The Morgan fingerprint density at radius 1 is 0.620 bits per heavy atom. The van der Waals surface area contributed by atoms with E-state index in [0.29, 0.717) is 6.42 Å². The summed E-state index contributed by atoms with van der Waals surface area (Å²) in [5.74, 6) is -1.21. The molecule has 0 spiro atoms. The molecule has 0 saturated carbocycles. The monoisotopic (exact) mass is 706 g/mol. The number of esters is 2. The molecule has 8 heteroatoms. The predicted molar refractivity (Wildman–Crippen MR) is 206 cm³/mol. The van der Waals surface area contributed by atoms with E-state index in [-0.39, 0.29) is 37.8 Å². The summed E-state index contributed by atoms with van der Waals surface area (Å²) >= 11 is 0. The molecule has 0 rings (SSSR count). The highest BCUT2D eigenvalue weighted by atomic mass is 16.7. The van der Waals surface area contributed by atoms with Crippen molar-refractivity contribution in [3.05, 3.63) is 36.0 Å². The summed E-state index contributed by atoms with van der Waals surface area (Å²) in [6, 6.07) is 0. The van der Waals surface area contributed by atoms with Gasteiger partial charge in [-0.05, 0) is 78.3 Å². The van der Waals surface area contributed by atoms with E-state index in [1.165, 1.54) is 25.7 Å². The van der Waals surface area contributed by atoms with Crippen LogP contribution in [0.25, 0.3) is 0 Å². The van der Waals surface area contributed by atoms with Crippen molar-refractivity contribution >= 4 is 18.1 Å². The number of ether oxygens (including phenoxy) is 4. The van der Waals surface area contributed by atoms with Gasteiger partial charge < -0.3 is 23.8 Å². The van der Waals surface area contributed by atoms with Gasteiger partial charge in [-0.1, -0.05) is 116 Å². The van der Waals surface area contributed by atoms with Gasteiger partial charge in [-0.25, -0.2) is 9.59 Å². The first-order chi connectivity index (χ1) is 24.0. The fourth-order valence-electron chi connectivity index (χ4n) is 5.58. The summed E-state index contributed by atoms with van der Waals surface area (Å²) in [7, 11) is 3.94. The summed E-state index contributed by atoms with van der Waals surface area (Å²) in [5, 5.41) is 0. The molecule has 0 aromatic rings. The van der Waals surface area contributed by atoms with Gasteiger partial charge in [-0.15, -0.1) is 0 Å². The molecule has 0 N–H and O–H groups in total. The molecule has 0 aliphatic heterocycles. The number of hydrogen-bond acceptors (Lipinski definition) is 8. The first kappa shape index (κ1) is 47.4. The van der Waals surface area contributed by atoms with Crippen molar-refractivity contribution in [2.75, 3.05) is 47.1 Å². The van der Waals surface area contributed by atoms with E-state index >= 15 is 0 Å². The van der Waals surface area contributed by atoms with Gasteiger partial charge in [0, 0.05) is 24.5 Å². The van der Waals surface area contributed by atoms with Gasteiger partial charge in [0.1, 0.15) is 26.4 Å². The molecule has 0 saturated heterocycles. The molecule has 50 heavy (non-hydrogen) atoms. The molecule has 0 fully saturated rings. The Labute approximate surface area is 306 Å². The fourth-order valence-corrected chi connectivity index (χ4v) is 5.58. The molecular weight excluding hydrogens is 630 g/mol. The summed E-state index contributed by atoms with van der Waals surface area (Å²) in [5.41, 5.74) is 0.860. The quantitative estimate of drug-likeness (QED) is 0.0225. The van der Waals surface area contributed by atoms with E-state index in [4.69, 9.17) is 18.9 Å². The zero-order chi connectivity index (χ0) is 37.3. The second kappa shape index (κ2) is 32.3. The van der Waals surface area contributed by atoms with Gasteiger partial charge >= 0.3 is 18.1 Å². The van der Waals surface area contributed by atoms with E-state index in [9.17, 15) is 14.4 Å². The van der Waals surface area contributed by atoms with Crippen molar-refractivity contribution in [2.45, 2.75) is 157 Å². The van der Waals surface area contributed by atoms with Gasteiger partial charge in [0.25, 0.3) is 0 Å². The third-order valence-electron chi connectivity index (χ3n) is 8.31. The number of carbonyl (C=O) groups excluding carboxylic acids is 3. The van der Waals surface area contributed by atoms with Crippen molar-refractivity contribution in [2.24, 2.45) is 11.3 Å². The Bertz CT molecular complexity index is 954. The maximum atomic E-state index is 12.7. The van der Waals surface area contributed by atoms with Crippen LogP contribution < -0.4 is 0 Å². The molecule has 290 valence electrons. The van der Waals surface area contributed by atoms with E-state index < -0.39 is 18.0 Å². The molecule has 0 radical (unpaired) electrons. The van der Waals surface area contributed by atoms with Crippen LogP contribution in [0.2, 0.25) is 0 Å². The standard InChI is InChI=1S/C42H75NO7/c1-8-11-14-15-16-17-18-19-20-21-22-23-24-25-27-30-39(44)47-32-38(34-49-41(46)50-36-42(4,5)35-43(6)7)33-48-40(45)31-37(28-13-10-3)29-26-12-9-2/h16-17,19-20,31,38H,8-15,18,21-30,32-36H2,1-7H3/b17-16-,20-19-,37-31+. The van der Waals surface area contributed by atoms with Crippen molar-refractivity contribution < 1.29 is 33.3 Å². The summed E-state index contributed by atoms with van der Waals surface area (Å²) in [6.07, 6.45) is 29.7. The molecule has 0 aromatic carbocycles. The third-order valence-corrected chi connectivity index (χ3v) is 8.31. The maximum Gasteiger partial charge on any atom is 0.508 e. The highest BCUT2D eigenvalue weighted by Gasteiger charge is 2.23. The smallest absolute Gasteiger partial charge is 0.465 e. The Hall–Kier alpha value is -2.61. The lowest BCUT2D eigenvalue weighted by Crippen LogP contribution is -2.34. The molecule has 8 nitrogen and oxygen atoms in total. The maximum absolute atomic E-state index is 12.7. The van der Waals surface area contributed by atoms with Crippen LogP contribution in [-0.2, 0) is 28.5 Å². The minimum absolute atomic E-state index is 0.00527. The number of allylic oxidation sites excluding steroid dienone is 5. The highest BCUT2D eigenvalue weighted by molar-refractivity contribution is 5.82. The molecule has 0 amide bonds. The Morgan fingerprint density at radius 2 is 1.16 bits per heavy atom. The lowest BCUT2D eigenvalue weighted by molar-refractivity contribution is -0.148. The zero-order valence-electron chi connectivity index (χ0n) is 33.2. The second-order valence-corrected chi connectivity index (χ2v) is 14.8. The van der Waals surface area contributed by atoms with Crippen LogP contribution in [0.4, 0.5) is 4.79 Å². The first-order valence-corrected chi connectivity index (χ1v) is 19.8. The lowest BCUT2D eigenvalue weighted by atomic mass is 9.94. The lowest BCUT2D eigenvalue weighted by Gasteiger charge is -2.27. The van der Waals surface area contributed by atoms with E-state index in [1.54, 1.807) is 6.08 Å². The Kier molecular flexibility index (Phi) is 30.6. The zero-order valence-corrected chi connectivity index (χ0v) is 33.2. The van der Waals surface area contributed by atoms with Crippen LogP contribution in [0.1, 0.15) is 157 Å². The normalized spacial score (nSPS) is 12.9. The molecule has 0 heterocycles. The van der Waals surface area contributed by atoms with E-state index in [1.807, 2.05) is 32.8 Å². The van der Waals surface area contributed by atoms with Crippen LogP contribution in [0.15, 0.2) is 36.0 Å². The summed E-state index contributed by atoms with van der Waals surface area (Å²) in [6.45, 7) is 11.4. The largest absolute Gasteiger partial charge is 0.508 e. The first-order valence-electron chi connectivity index (χ1n) is 19.8. The molecule has 0 aliphatic carbocycles. The number of rotatable bonds is 32. The molecule has 1 atom stereocenters. The molecular formula is C42H75NO7. The predicted octanol–water partition coefficient (Wildman–Crippen LogP) is 10.9. The van der Waals surface area contributed by atoms with Gasteiger partial charge in [0.05, 0.1) is 5.92 Å². The van der Waals surface area contributed by atoms with Crippen LogP contribution in [-0.4, -0.2) is 70.1 Å². The van der Waals surface area contributed by atoms with Crippen molar-refractivity contribution in [3.63, 3.8) is 0 Å². The van der Waals surface area contributed by atoms with E-state index in [2.05, 4.69) is 45.1 Å². The van der Waals surface area contributed by atoms with Crippen molar-refractivity contribution in [1.29, 1.82) is 0 Å². The van der Waals surface area contributed by atoms with Gasteiger partial charge in [-0.2, -0.15) is 0 Å². The third kappa shape index (κ3) is 31.4. The Balaban J connectivity index is 4.74. The Morgan fingerprint density at radius 3 is 1.82 bits per heavy atom. The van der Waals surface area contributed by atoms with Crippen LogP contribution >= 0.6 is 0 Å². The number of hydrogen-bond donors (Lipinski definition) is 0. The fraction of sp³-hybridized carbons (Fsp3) is 0.786. The number of carbonyl (C=O) groups is 3. The van der Waals surface area contributed by atoms with Crippen molar-refractivity contribution in [1.82, 2.24) is 4.90 Å². The second-order valence-electron chi connectivity index (χ2n) is 14.8. The average molecular weight is 706 g/mol. The van der Waals surface area contributed by atoms with Crippen LogP contribution in [0.5, 0.6) is 0 Å². The van der Waals surface area contributed by atoms with E-state index in [0.717, 1.165) is 102 Å². The minimum atomic E-state index is -0.790. The molecule has 0 aromatic heterocycles. The van der Waals surface area contributed by atoms with Crippen LogP contribution in [0.3, 0.4) is 0 Å². The summed E-state index contributed by atoms with van der Waals surface area (Å²) < 4.78 is 21.9. The minimum Gasteiger partial charge on any atom is -0.465 e. The SMILES string of the molecule is CCCCC/C=C\C/C=C\CCCCCCCC(=O)OCC(COC(=O)/C=C(\CCCC)CCCCC)COC(=O)OCC(C)(C)CN(C)C.